The average Bonchev–Trinajstić information content (AvgIpc) is 2.68. The summed E-state index contributed by atoms with van der Waals surface area (Å²) in [6, 6.07) is 15.6. The van der Waals surface area contributed by atoms with Gasteiger partial charge in [0.2, 0.25) is 5.91 Å². The number of rotatable bonds is 5. The Balaban J connectivity index is 1.67. The predicted molar refractivity (Wildman–Crippen MR) is 103 cm³/mol. The minimum atomic E-state index is -0.125. The molecule has 3 rings (SSSR count). The Morgan fingerprint density at radius 1 is 1.04 bits per heavy atom. The molecule has 2 aromatic rings. The maximum absolute atomic E-state index is 12.3. The van der Waals surface area contributed by atoms with E-state index in [0.717, 1.165) is 35.8 Å². The van der Waals surface area contributed by atoms with Crippen LogP contribution in [-0.2, 0) is 4.79 Å². The van der Waals surface area contributed by atoms with Gasteiger partial charge < -0.3 is 15.0 Å². The summed E-state index contributed by atoms with van der Waals surface area (Å²) in [5.41, 5.74) is 2.93. The zero-order valence-corrected chi connectivity index (χ0v) is 14.6. The largest absolute Gasteiger partial charge is 0.497 e. The molecule has 0 atom stereocenters. The molecule has 0 spiro atoms. The highest BCUT2D eigenvalue weighted by molar-refractivity contribution is 6.03. The molecule has 0 aliphatic carbocycles. The van der Waals surface area contributed by atoms with E-state index < -0.39 is 0 Å². The van der Waals surface area contributed by atoms with E-state index in [9.17, 15) is 4.79 Å². The topological polar surface area (TPSA) is 41.6 Å². The maximum atomic E-state index is 12.3. The molecule has 0 saturated carbocycles. The van der Waals surface area contributed by atoms with Crippen LogP contribution in [0.5, 0.6) is 5.75 Å². The third-order valence-electron chi connectivity index (χ3n) is 4.40. The molecule has 0 aromatic heterocycles. The van der Waals surface area contributed by atoms with Crippen molar-refractivity contribution in [1.29, 1.82) is 0 Å². The van der Waals surface area contributed by atoms with E-state index in [4.69, 9.17) is 4.74 Å². The number of carbonyl (C=O) groups excluding carboxylic acids is 1. The van der Waals surface area contributed by atoms with Gasteiger partial charge in [-0.2, -0.15) is 0 Å². The smallest absolute Gasteiger partial charge is 0.248 e. The number of piperidine rings is 1. The minimum Gasteiger partial charge on any atom is -0.497 e. The number of carbonyl (C=O) groups is 1. The number of benzene rings is 2. The van der Waals surface area contributed by atoms with E-state index >= 15 is 0 Å². The Labute approximate surface area is 149 Å². The molecule has 25 heavy (non-hydrogen) atoms. The summed E-state index contributed by atoms with van der Waals surface area (Å²) >= 11 is 0. The molecular formula is C21H24N2O2. The van der Waals surface area contributed by atoms with E-state index in [1.54, 1.807) is 19.3 Å². The van der Waals surface area contributed by atoms with Gasteiger partial charge >= 0.3 is 0 Å². The highest BCUT2D eigenvalue weighted by Crippen LogP contribution is 2.28. The third kappa shape index (κ3) is 4.63. The molecule has 130 valence electrons. The van der Waals surface area contributed by atoms with Crippen molar-refractivity contribution < 1.29 is 9.53 Å². The summed E-state index contributed by atoms with van der Waals surface area (Å²) in [4.78, 5) is 14.7. The molecule has 1 amide bonds. The quantitative estimate of drug-likeness (QED) is 0.826. The first kappa shape index (κ1) is 17.1. The van der Waals surface area contributed by atoms with Gasteiger partial charge in [-0.3, -0.25) is 4.79 Å². The van der Waals surface area contributed by atoms with Crippen LogP contribution in [0.15, 0.2) is 54.6 Å². The number of ether oxygens (including phenoxy) is 1. The van der Waals surface area contributed by atoms with Crippen LogP contribution in [0.3, 0.4) is 0 Å². The summed E-state index contributed by atoms with van der Waals surface area (Å²) in [7, 11) is 1.64. The first-order valence-corrected chi connectivity index (χ1v) is 8.73. The zero-order chi connectivity index (χ0) is 17.5. The van der Waals surface area contributed by atoms with E-state index in [2.05, 4.69) is 16.3 Å². The number of anilines is 2. The van der Waals surface area contributed by atoms with Crippen LogP contribution in [0.4, 0.5) is 11.4 Å². The minimum absolute atomic E-state index is 0.125. The highest BCUT2D eigenvalue weighted by Gasteiger charge is 2.14. The van der Waals surface area contributed by atoms with Gasteiger partial charge in [0.15, 0.2) is 0 Å². The Bertz CT molecular complexity index is 732. The highest BCUT2D eigenvalue weighted by atomic mass is 16.5. The molecule has 1 aliphatic heterocycles. The SMILES string of the molecule is COc1ccc(/C=C/C(=O)Nc2ccccc2N2CCCCC2)cc1. The van der Waals surface area contributed by atoms with Gasteiger partial charge in [0.25, 0.3) is 0 Å². The fraction of sp³-hybridized carbons (Fsp3) is 0.286. The molecule has 1 saturated heterocycles. The van der Waals surface area contributed by atoms with Crippen LogP contribution >= 0.6 is 0 Å². The summed E-state index contributed by atoms with van der Waals surface area (Å²) in [6.07, 6.45) is 7.07. The standard InChI is InChI=1S/C21H24N2O2/c1-25-18-12-9-17(10-13-18)11-14-21(24)22-19-7-3-4-8-20(19)23-15-5-2-6-16-23/h3-4,7-14H,2,5-6,15-16H2,1H3,(H,22,24)/b14-11+. The zero-order valence-electron chi connectivity index (χ0n) is 14.6. The molecule has 0 unspecified atom stereocenters. The van der Waals surface area contributed by atoms with Crippen LogP contribution in [0, 0.1) is 0 Å². The summed E-state index contributed by atoms with van der Waals surface area (Å²) in [6.45, 7) is 2.10. The molecule has 0 bridgehead atoms. The van der Waals surface area contributed by atoms with E-state index in [-0.39, 0.29) is 5.91 Å². The molecule has 4 nitrogen and oxygen atoms in total. The predicted octanol–water partition coefficient (Wildman–Crippen LogP) is 4.34. The number of nitrogens with one attached hydrogen (secondary N) is 1. The fourth-order valence-corrected chi connectivity index (χ4v) is 3.05. The molecule has 1 heterocycles. The van der Waals surface area contributed by atoms with Crippen molar-refractivity contribution in [2.24, 2.45) is 0 Å². The summed E-state index contributed by atoms with van der Waals surface area (Å²) in [5, 5.41) is 3.01. The lowest BCUT2D eigenvalue weighted by molar-refractivity contribution is -0.111. The maximum Gasteiger partial charge on any atom is 0.248 e. The van der Waals surface area contributed by atoms with Gasteiger partial charge in [-0.15, -0.1) is 0 Å². The number of hydrogen-bond acceptors (Lipinski definition) is 3. The normalized spacial score (nSPS) is 14.5. The van der Waals surface area contributed by atoms with Crippen LogP contribution in [0.2, 0.25) is 0 Å². The van der Waals surface area contributed by atoms with E-state index in [0.29, 0.717) is 0 Å². The van der Waals surface area contributed by atoms with Crippen LogP contribution in [-0.4, -0.2) is 26.1 Å². The second-order valence-electron chi connectivity index (χ2n) is 6.16. The number of nitrogens with zero attached hydrogens (tertiary/aromatic N) is 1. The van der Waals surface area contributed by atoms with Crippen LogP contribution < -0.4 is 15.0 Å². The molecule has 4 heteroatoms. The average molecular weight is 336 g/mol. The second-order valence-corrected chi connectivity index (χ2v) is 6.16. The van der Waals surface area contributed by atoms with Gasteiger partial charge in [0.05, 0.1) is 18.5 Å². The number of methoxy groups -OCH3 is 1. The van der Waals surface area contributed by atoms with E-state index in [1.165, 1.54) is 19.3 Å². The lowest BCUT2D eigenvalue weighted by Gasteiger charge is -2.30. The molecule has 1 aliphatic rings. The van der Waals surface area contributed by atoms with Gasteiger partial charge in [-0.1, -0.05) is 24.3 Å². The molecular weight excluding hydrogens is 312 g/mol. The summed E-state index contributed by atoms with van der Waals surface area (Å²) < 4.78 is 5.14. The second kappa shape index (κ2) is 8.38. The molecule has 0 radical (unpaired) electrons. The lowest BCUT2D eigenvalue weighted by atomic mass is 10.1. The van der Waals surface area contributed by atoms with Crippen molar-refractivity contribution in [3.63, 3.8) is 0 Å². The third-order valence-corrected chi connectivity index (χ3v) is 4.40. The van der Waals surface area contributed by atoms with Crippen molar-refractivity contribution in [1.82, 2.24) is 0 Å². The van der Waals surface area contributed by atoms with Gasteiger partial charge in [-0.05, 0) is 55.2 Å². The number of para-hydroxylation sites is 2. The van der Waals surface area contributed by atoms with Gasteiger partial charge in [-0.25, -0.2) is 0 Å². The Hall–Kier alpha value is -2.75. The number of hydrogen-bond donors (Lipinski definition) is 1. The first-order chi connectivity index (χ1) is 12.3. The van der Waals surface area contributed by atoms with Crippen LogP contribution in [0.1, 0.15) is 24.8 Å². The van der Waals surface area contributed by atoms with Crippen molar-refractivity contribution in [2.75, 3.05) is 30.4 Å². The Kier molecular flexibility index (Phi) is 5.73. The van der Waals surface area contributed by atoms with Gasteiger partial charge in [0.1, 0.15) is 5.75 Å². The molecule has 2 aromatic carbocycles. The van der Waals surface area contributed by atoms with E-state index in [1.807, 2.05) is 42.5 Å². The molecule has 1 fully saturated rings. The lowest BCUT2D eigenvalue weighted by Crippen LogP contribution is -2.30. The van der Waals surface area contributed by atoms with Crippen LogP contribution in [0.25, 0.3) is 6.08 Å². The summed E-state index contributed by atoms with van der Waals surface area (Å²) in [5.74, 6) is 0.678. The first-order valence-electron chi connectivity index (χ1n) is 8.73. The van der Waals surface area contributed by atoms with Crippen molar-refractivity contribution in [2.45, 2.75) is 19.3 Å². The van der Waals surface area contributed by atoms with Crippen molar-refractivity contribution >= 4 is 23.4 Å². The fourth-order valence-electron chi connectivity index (χ4n) is 3.05. The number of amides is 1. The van der Waals surface area contributed by atoms with Crippen molar-refractivity contribution in [3.05, 3.63) is 60.2 Å². The molecule has 1 N–H and O–H groups in total. The van der Waals surface area contributed by atoms with Crippen molar-refractivity contribution in [3.8, 4) is 5.75 Å². The van der Waals surface area contributed by atoms with Gasteiger partial charge in [0, 0.05) is 19.2 Å². The monoisotopic (exact) mass is 336 g/mol. The Morgan fingerprint density at radius 2 is 1.76 bits per heavy atom. The Morgan fingerprint density at radius 3 is 2.48 bits per heavy atom.